The Balaban J connectivity index is 2.04. The second kappa shape index (κ2) is 7.86. The van der Waals surface area contributed by atoms with Gasteiger partial charge in [0, 0.05) is 10.6 Å². The third-order valence-corrected chi connectivity index (χ3v) is 4.26. The van der Waals surface area contributed by atoms with Gasteiger partial charge in [-0.05, 0) is 57.2 Å². The lowest BCUT2D eigenvalue weighted by molar-refractivity contribution is -0.122. The summed E-state index contributed by atoms with van der Waals surface area (Å²) < 4.78 is 5.73. The fourth-order valence-electron chi connectivity index (χ4n) is 2.73. The molecule has 28 heavy (non-hydrogen) atoms. The summed E-state index contributed by atoms with van der Waals surface area (Å²) in [5, 5.41) is 2.63. The van der Waals surface area contributed by atoms with Crippen molar-refractivity contribution >= 4 is 41.2 Å². The van der Waals surface area contributed by atoms with Crippen LogP contribution >= 0.6 is 11.6 Å². The Labute approximate surface area is 167 Å². The fraction of sp³-hybridized carbons (Fsp3) is 0.190. The number of imide groups is 2. The first-order chi connectivity index (χ1) is 13.3. The highest BCUT2D eigenvalue weighted by molar-refractivity contribution is 6.39. The van der Waals surface area contributed by atoms with Gasteiger partial charge >= 0.3 is 6.03 Å². The van der Waals surface area contributed by atoms with E-state index in [4.69, 9.17) is 16.3 Å². The second-order valence-corrected chi connectivity index (χ2v) is 7.08. The molecule has 1 fully saturated rings. The van der Waals surface area contributed by atoms with Crippen LogP contribution in [0.1, 0.15) is 25.0 Å². The third-order valence-electron chi connectivity index (χ3n) is 4.03. The summed E-state index contributed by atoms with van der Waals surface area (Å²) in [6.07, 6.45) is 1.27. The van der Waals surface area contributed by atoms with E-state index in [-0.39, 0.29) is 11.7 Å². The first kappa shape index (κ1) is 19.6. The minimum Gasteiger partial charge on any atom is -0.490 e. The molecule has 2 aromatic rings. The van der Waals surface area contributed by atoms with E-state index in [1.54, 1.807) is 42.5 Å². The lowest BCUT2D eigenvalue weighted by atomic mass is 10.1. The van der Waals surface area contributed by atoms with E-state index < -0.39 is 17.8 Å². The molecule has 7 heteroatoms. The van der Waals surface area contributed by atoms with Gasteiger partial charge in [0.15, 0.2) is 0 Å². The summed E-state index contributed by atoms with van der Waals surface area (Å²) in [6, 6.07) is 11.0. The van der Waals surface area contributed by atoms with Crippen molar-refractivity contribution in [1.29, 1.82) is 0 Å². The molecule has 144 valence electrons. The summed E-state index contributed by atoms with van der Waals surface area (Å²) >= 11 is 6.07. The molecule has 2 aromatic carbocycles. The fourth-order valence-corrected chi connectivity index (χ4v) is 2.92. The monoisotopic (exact) mass is 398 g/mol. The Hall–Kier alpha value is -3.12. The number of nitrogens with zero attached hydrogens (tertiary/aromatic N) is 1. The summed E-state index contributed by atoms with van der Waals surface area (Å²) in [5.74, 6) is -1.01. The van der Waals surface area contributed by atoms with Crippen molar-refractivity contribution in [3.63, 3.8) is 0 Å². The van der Waals surface area contributed by atoms with Crippen LogP contribution in [0.4, 0.5) is 10.5 Å². The highest BCUT2D eigenvalue weighted by Gasteiger charge is 2.37. The predicted octanol–water partition coefficient (Wildman–Crippen LogP) is 4.10. The van der Waals surface area contributed by atoms with Crippen LogP contribution in [0.3, 0.4) is 0 Å². The maximum atomic E-state index is 13.0. The van der Waals surface area contributed by atoms with Crippen LogP contribution in [0.15, 0.2) is 48.0 Å². The van der Waals surface area contributed by atoms with Crippen molar-refractivity contribution in [2.24, 2.45) is 0 Å². The number of amides is 4. The number of halogens is 1. The number of hydrogen-bond acceptors (Lipinski definition) is 4. The topological polar surface area (TPSA) is 75.7 Å². The van der Waals surface area contributed by atoms with Crippen molar-refractivity contribution in [2.75, 3.05) is 4.90 Å². The van der Waals surface area contributed by atoms with Gasteiger partial charge in [0.05, 0.1) is 11.8 Å². The van der Waals surface area contributed by atoms with Crippen molar-refractivity contribution < 1.29 is 19.1 Å². The number of benzene rings is 2. The normalized spacial score (nSPS) is 16.0. The second-order valence-electron chi connectivity index (χ2n) is 6.64. The van der Waals surface area contributed by atoms with Crippen molar-refractivity contribution in [3.8, 4) is 5.75 Å². The quantitative estimate of drug-likeness (QED) is 0.621. The highest BCUT2D eigenvalue weighted by atomic mass is 35.5. The van der Waals surface area contributed by atoms with Crippen molar-refractivity contribution in [2.45, 2.75) is 26.9 Å². The lowest BCUT2D eigenvalue weighted by Crippen LogP contribution is -2.54. The van der Waals surface area contributed by atoms with E-state index in [2.05, 4.69) is 5.32 Å². The number of urea groups is 1. The van der Waals surface area contributed by atoms with E-state index >= 15 is 0 Å². The number of barbiturate groups is 1. The minimum absolute atomic E-state index is 0.111. The van der Waals surface area contributed by atoms with Gasteiger partial charge in [-0.1, -0.05) is 29.3 Å². The predicted molar refractivity (Wildman–Crippen MR) is 107 cm³/mol. The van der Waals surface area contributed by atoms with Crippen molar-refractivity contribution in [1.82, 2.24) is 5.32 Å². The van der Waals surface area contributed by atoms with Crippen LogP contribution in [0.25, 0.3) is 6.08 Å². The average molecular weight is 399 g/mol. The number of nitrogens with one attached hydrogen (secondary N) is 1. The van der Waals surface area contributed by atoms with Crippen LogP contribution in [-0.2, 0) is 9.59 Å². The Morgan fingerprint density at radius 1 is 1.07 bits per heavy atom. The van der Waals surface area contributed by atoms with Crippen LogP contribution in [0.5, 0.6) is 5.75 Å². The van der Waals surface area contributed by atoms with Crippen molar-refractivity contribution in [3.05, 3.63) is 64.2 Å². The SMILES string of the molecule is Cc1ccc(N2C(=O)NC(=O)/C(=C\c3cc(Cl)ccc3OC(C)C)C2=O)cc1. The molecule has 0 aliphatic carbocycles. The molecule has 0 unspecified atom stereocenters. The maximum Gasteiger partial charge on any atom is 0.335 e. The third kappa shape index (κ3) is 4.07. The summed E-state index contributed by atoms with van der Waals surface area (Å²) in [7, 11) is 0. The largest absolute Gasteiger partial charge is 0.490 e. The minimum atomic E-state index is -0.791. The van der Waals surface area contributed by atoms with Crippen LogP contribution < -0.4 is 15.0 Å². The zero-order valence-corrected chi connectivity index (χ0v) is 16.4. The molecular weight excluding hydrogens is 380 g/mol. The van der Waals surface area contributed by atoms with Crippen LogP contribution in [0, 0.1) is 6.92 Å². The standard InChI is InChI=1S/C21H19ClN2O4/c1-12(2)28-18-9-6-15(22)10-14(18)11-17-19(25)23-21(27)24(20(17)26)16-7-4-13(3)5-8-16/h4-12H,1-3H3,(H,23,25,27)/b17-11+. The molecule has 0 saturated carbocycles. The number of anilines is 1. The number of carbonyl (C=O) groups excluding carboxylic acids is 3. The van der Waals surface area contributed by atoms with E-state index in [0.717, 1.165) is 10.5 Å². The molecule has 1 aliphatic rings. The molecule has 4 amide bonds. The lowest BCUT2D eigenvalue weighted by Gasteiger charge is -2.26. The van der Waals surface area contributed by atoms with Gasteiger partial charge in [-0.2, -0.15) is 0 Å². The number of carbonyl (C=O) groups is 3. The Morgan fingerprint density at radius 2 is 1.75 bits per heavy atom. The molecule has 3 rings (SSSR count). The molecule has 0 radical (unpaired) electrons. The number of rotatable bonds is 4. The highest BCUT2D eigenvalue weighted by Crippen LogP contribution is 2.28. The molecule has 0 bridgehead atoms. The Morgan fingerprint density at radius 3 is 2.39 bits per heavy atom. The van der Waals surface area contributed by atoms with Crippen LogP contribution in [-0.4, -0.2) is 23.9 Å². The summed E-state index contributed by atoms with van der Waals surface area (Å²) in [6.45, 7) is 5.62. The molecule has 1 heterocycles. The van der Waals surface area contributed by atoms with E-state index in [1.165, 1.54) is 6.08 Å². The molecular formula is C21H19ClN2O4. The zero-order chi connectivity index (χ0) is 20.4. The summed E-state index contributed by atoms with van der Waals surface area (Å²) in [4.78, 5) is 38.5. The average Bonchev–Trinajstić information content (AvgIpc) is 2.62. The van der Waals surface area contributed by atoms with Crippen LogP contribution in [0.2, 0.25) is 5.02 Å². The van der Waals surface area contributed by atoms with Gasteiger partial charge in [0.25, 0.3) is 11.8 Å². The first-order valence-electron chi connectivity index (χ1n) is 8.70. The Bertz CT molecular complexity index is 980. The maximum absolute atomic E-state index is 13.0. The molecule has 0 atom stereocenters. The molecule has 0 aromatic heterocycles. The van der Waals surface area contributed by atoms with E-state index in [0.29, 0.717) is 22.0 Å². The zero-order valence-electron chi connectivity index (χ0n) is 15.7. The number of hydrogen-bond donors (Lipinski definition) is 1. The van der Waals surface area contributed by atoms with E-state index in [1.807, 2.05) is 20.8 Å². The van der Waals surface area contributed by atoms with Gasteiger partial charge in [0.2, 0.25) is 0 Å². The molecule has 1 N–H and O–H groups in total. The van der Waals surface area contributed by atoms with Gasteiger partial charge in [0.1, 0.15) is 11.3 Å². The van der Waals surface area contributed by atoms with Gasteiger partial charge in [-0.15, -0.1) is 0 Å². The van der Waals surface area contributed by atoms with Gasteiger partial charge < -0.3 is 4.74 Å². The smallest absolute Gasteiger partial charge is 0.335 e. The molecule has 0 spiro atoms. The summed E-state index contributed by atoms with van der Waals surface area (Å²) in [5.41, 5.74) is 1.64. The molecule has 6 nitrogen and oxygen atoms in total. The number of ether oxygens (including phenoxy) is 1. The molecule has 1 saturated heterocycles. The number of aryl methyl sites for hydroxylation is 1. The Kier molecular flexibility index (Phi) is 5.51. The molecule has 1 aliphatic heterocycles. The first-order valence-corrected chi connectivity index (χ1v) is 9.08. The van der Waals surface area contributed by atoms with E-state index in [9.17, 15) is 14.4 Å². The van der Waals surface area contributed by atoms with Gasteiger partial charge in [-0.3, -0.25) is 14.9 Å². The van der Waals surface area contributed by atoms with Gasteiger partial charge in [-0.25, -0.2) is 9.69 Å².